The Kier molecular flexibility index (Phi) is 3.90. The van der Waals surface area contributed by atoms with Gasteiger partial charge >= 0.3 is 0 Å². The van der Waals surface area contributed by atoms with E-state index >= 15 is 0 Å². The van der Waals surface area contributed by atoms with Crippen LogP contribution < -0.4 is 5.73 Å². The summed E-state index contributed by atoms with van der Waals surface area (Å²) in [5.41, 5.74) is 8.06. The van der Waals surface area contributed by atoms with Crippen LogP contribution in [-0.4, -0.2) is 17.4 Å². The van der Waals surface area contributed by atoms with Crippen LogP contribution in [0.25, 0.3) is 0 Å². The highest BCUT2D eigenvalue weighted by Crippen LogP contribution is 2.15. The zero-order valence-electron chi connectivity index (χ0n) is 11.2. The van der Waals surface area contributed by atoms with Crippen LogP contribution in [-0.2, 0) is 6.54 Å². The first kappa shape index (κ1) is 13.2. The molecule has 0 aliphatic carbocycles. The number of amides is 1. The fourth-order valence-corrected chi connectivity index (χ4v) is 1.95. The number of nitrogen functional groups attached to an aromatic ring is 1. The van der Waals surface area contributed by atoms with Crippen LogP contribution in [0.2, 0.25) is 0 Å². The van der Waals surface area contributed by atoms with Gasteiger partial charge in [-0.25, -0.2) is 0 Å². The lowest BCUT2D eigenvalue weighted by Gasteiger charge is -2.20. The fraction of sp³-hybridized carbons (Fsp3) is 0.267. The first-order chi connectivity index (χ1) is 9.11. The molecule has 0 atom stereocenters. The van der Waals surface area contributed by atoms with Crippen LogP contribution in [0.4, 0.5) is 5.69 Å². The van der Waals surface area contributed by atoms with Crippen LogP contribution in [0, 0.1) is 6.92 Å². The fourth-order valence-electron chi connectivity index (χ4n) is 1.95. The number of rotatable bonds is 4. The summed E-state index contributed by atoms with van der Waals surface area (Å²) in [6, 6.07) is 9.28. The minimum absolute atomic E-state index is 0.00873. The predicted molar refractivity (Wildman–Crippen MR) is 74.7 cm³/mol. The Morgan fingerprint density at radius 1 is 1.26 bits per heavy atom. The molecule has 1 aromatic heterocycles. The summed E-state index contributed by atoms with van der Waals surface area (Å²) in [5.74, 6) is 0.645. The molecule has 100 valence electrons. The number of carbonyl (C=O) groups excluding carboxylic acids is 1. The van der Waals surface area contributed by atoms with E-state index < -0.39 is 0 Å². The van der Waals surface area contributed by atoms with Gasteiger partial charge in [0.2, 0.25) is 0 Å². The van der Waals surface area contributed by atoms with Crippen molar-refractivity contribution in [2.45, 2.75) is 20.4 Å². The van der Waals surface area contributed by atoms with Crippen LogP contribution in [0.15, 0.2) is 41.0 Å². The Bertz CT molecular complexity index is 558. The maximum atomic E-state index is 12.4. The van der Waals surface area contributed by atoms with E-state index in [0.717, 1.165) is 11.3 Å². The summed E-state index contributed by atoms with van der Waals surface area (Å²) in [6.07, 6.45) is 1.54. The maximum Gasteiger partial charge on any atom is 0.257 e. The van der Waals surface area contributed by atoms with E-state index in [9.17, 15) is 4.79 Å². The molecule has 0 spiro atoms. The van der Waals surface area contributed by atoms with E-state index in [0.29, 0.717) is 24.4 Å². The molecule has 0 bridgehead atoms. The van der Waals surface area contributed by atoms with Crippen LogP contribution in [0.5, 0.6) is 0 Å². The highest BCUT2D eigenvalue weighted by Gasteiger charge is 2.18. The van der Waals surface area contributed by atoms with Gasteiger partial charge in [0.25, 0.3) is 5.91 Å². The van der Waals surface area contributed by atoms with Gasteiger partial charge in [-0.3, -0.25) is 4.79 Å². The molecular formula is C15H18N2O2. The maximum absolute atomic E-state index is 12.4. The van der Waals surface area contributed by atoms with Gasteiger partial charge < -0.3 is 15.1 Å². The predicted octanol–water partition coefficient (Wildman–Crippen LogP) is 2.83. The van der Waals surface area contributed by atoms with Crippen molar-refractivity contribution >= 4 is 11.6 Å². The zero-order chi connectivity index (χ0) is 13.8. The molecule has 0 radical (unpaired) electrons. The lowest BCUT2D eigenvalue weighted by molar-refractivity contribution is 0.0751. The van der Waals surface area contributed by atoms with Gasteiger partial charge in [0.1, 0.15) is 5.76 Å². The van der Waals surface area contributed by atoms with Gasteiger partial charge in [0, 0.05) is 18.8 Å². The summed E-state index contributed by atoms with van der Waals surface area (Å²) in [4.78, 5) is 14.2. The van der Waals surface area contributed by atoms with Crippen molar-refractivity contribution in [1.29, 1.82) is 0 Å². The molecule has 0 aliphatic rings. The Labute approximate surface area is 112 Å². The summed E-state index contributed by atoms with van der Waals surface area (Å²) < 4.78 is 5.18. The van der Waals surface area contributed by atoms with Crippen molar-refractivity contribution in [3.05, 3.63) is 53.5 Å². The first-order valence-corrected chi connectivity index (χ1v) is 6.29. The topological polar surface area (TPSA) is 59.5 Å². The van der Waals surface area contributed by atoms with Crippen molar-refractivity contribution in [3.63, 3.8) is 0 Å². The second-order valence-electron chi connectivity index (χ2n) is 4.45. The molecule has 2 aromatic rings. The standard InChI is InChI=1S/C15H18N2O2/c1-3-17(10-12-4-6-13(16)7-5-12)15(18)14-8-9-19-11(14)2/h4-9H,3,10,16H2,1-2H3. The molecule has 0 aliphatic heterocycles. The monoisotopic (exact) mass is 258 g/mol. The van der Waals surface area contributed by atoms with E-state index in [1.54, 1.807) is 24.2 Å². The molecule has 0 saturated heterocycles. The van der Waals surface area contributed by atoms with Gasteiger partial charge in [-0.1, -0.05) is 12.1 Å². The van der Waals surface area contributed by atoms with Crippen molar-refractivity contribution < 1.29 is 9.21 Å². The molecule has 2 rings (SSSR count). The number of nitrogens with zero attached hydrogens (tertiary/aromatic N) is 1. The number of aryl methyl sites for hydroxylation is 1. The Balaban J connectivity index is 2.14. The molecule has 0 fully saturated rings. The highest BCUT2D eigenvalue weighted by atomic mass is 16.3. The minimum Gasteiger partial charge on any atom is -0.469 e. The van der Waals surface area contributed by atoms with Crippen molar-refractivity contribution in [1.82, 2.24) is 4.90 Å². The number of benzene rings is 1. The normalized spacial score (nSPS) is 10.4. The highest BCUT2D eigenvalue weighted by molar-refractivity contribution is 5.95. The van der Waals surface area contributed by atoms with Crippen LogP contribution >= 0.6 is 0 Å². The lowest BCUT2D eigenvalue weighted by atomic mass is 10.1. The second kappa shape index (κ2) is 5.61. The number of nitrogens with two attached hydrogens (primary N) is 1. The molecule has 19 heavy (non-hydrogen) atoms. The molecule has 1 heterocycles. The Morgan fingerprint density at radius 2 is 1.95 bits per heavy atom. The average molecular weight is 258 g/mol. The van der Waals surface area contributed by atoms with Gasteiger partial charge in [-0.15, -0.1) is 0 Å². The molecule has 4 nitrogen and oxygen atoms in total. The summed E-state index contributed by atoms with van der Waals surface area (Å²) >= 11 is 0. The summed E-state index contributed by atoms with van der Waals surface area (Å²) in [7, 11) is 0. The number of furan rings is 1. The van der Waals surface area contributed by atoms with Crippen LogP contribution in [0.1, 0.15) is 28.6 Å². The smallest absolute Gasteiger partial charge is 0.257 e. The third-order valence-electron chi connectivity index (χ3n) is 3.11. The van der Waals surface area contributed by atoms with E-state index in [-0.39, 0.29) is 5.91 Å². The Morgan fingerprint density at radius 3 is 2.47 bits per heavy atom. The third kappa shape index (κ3) is 2.96. The van der Waals surface area contributed by atoms with Crippen molar-refractivity contribution in [2.24, 2.45) is 0 Å². The SMILES string of the molecule is CCN(Cc1ccc(N)cc1)C(=O)c1ccoc1C. The average Bonchev–Trinajstić information content (AvgIpc) is 2.83. The molecule has 2 N–H and O–H groups in total. The largest absolute Gasteiger partial charge is 0.469 e. The van der Waals surface area contributed by atoms with E-state index in [1.807, 2.05) is 31.2 Å². The quantitative estimate of drug-likeness (QED) is 0.858. The van der Waals surface area contributed by atoms with Gasteiger partial charge in [0.05, 0.1) is 11.8 Å². The molecule has 1 aromatic carbocycles. The van der Waals surface area contributed by atoms with Gasteiger partial charge in [-0.05, 0) is 37.6 Å². The molecule has 1 amide bonds. The van der Waals surface area contributed by atoms with Gasteiger partial charge in [0.15, 0.2) is 0 Å². The van der Waals surface area contributed by atoms with E-state index in [2.05, 4.69) is 0 Å². The third-order valence-corrected chi connectivity index (χ3v) is 3.11. The zero-order valence-corrected chi connectivity index (χ0v) is 11.2. The molecular weight excluding hydrogens is 240 g/mol. The molecule has 0 unspecified atom stereocenters. The first-order valence-electron chi connectivity index (χ1n) is 6.29. The van der Waals surface area contributed by atoms with Gasteiger partial charge in [-0.2, -0.15) is 0 Å². The second-order valence-corrected chi connectivity index (χ2v) is 4.45. The Hall–Kier alpha value is -2.23. The molecule has 0 saturated carbocycles. The summed E-state index contributed by atoms with van der Waals surface area (Å²) in [5, 5.41) is 0. The lowest BCUT2D eigenvalue weighted by Crippen LogP contribution is -2.30. The van der Waals surface area contributed by atoms with Crippen molar-refractivity contribution in [3.8, 4) is 0 Å². The van der Waals surface area contributed by atoms with Crippen LogP contribution in [0.3, 0.4) is 0 Å². The number of hydrogen-bond donors (Lipinski definition) is 1. The number of hydrogen-bond acceptors (Lipinski definition) is 3. The van der Waals surface area contributed by atoms with E-state index in [1.165, 1.54) is 0 Å². The van der Waals surface area contributed by atoms with E-state index in [4.69, 9.17) is 10.2 Å². The minimum atomic E-state index is -0.00873. The number of anilines is 1. The number of carbonyl (C=O) groups is 1. The molecule has 4 heteroatoms. The summed E-state index contributed by atoms with van der Waals surface area (Å²) in [6.45, 7) is 4.98. The van der Waals surface area contributed by atoms with Crippen molar-refractivity contribution in [2.75, 3.05) is 12.3 Å².